The van der Waals surface area contributed by atoms with Crippen molar-refractivity contribution in [2.75, 3.05) is 12.4 Å². The van der Waals surface area contributed by atoms with Gasteiger partial charge in [-0.1, -0.05) is 18.2 Å². The summed E-state index contributed by atoms with van der Waals surface area (Å²) in [5.41, 5.74) is 1.34. The molecule has 0 saturated heterocycles. The Morgan fingerprint density at radius 3 is 2.50 bits per heavy atom. The molecule has 2 aromatic carbocycles. The van der Waals surface area contributed by atoms with Gasteiger partial charge >= 0.3 is 6.36 Å². The van der Waals surface area contributed by atoms with Crippen LogP contribution >= 0.6 is 12.2 Å². The molecule has 0 aliphatic carbocycles. The molecule has 0 amide bonds. The topological polar surface area (TPSA) is 42.5 Å². The number of hydrogen-bond acceptors (Lipinski definition) is 3. The van der Waals surface area contributed by atoms with Crippen molar-refractivity contribution < 1.29 is 22.6 Å². The molecule has 0 fully saturated rings. The highest BCUT2D eigenvalue weighted by Crippen LogP contribution is 2.23. The summed E-state index contributed by atoms with van der Waals surface area (Å²) in [6, 6.07) is 12.9. The molecular weight excluding hydrogens is 341 g/mol. The third-order valence-electron chi connectivity index (χ3n) is 2.91. The summed E-state index contributed by atoms with van der Waals surface area (Å²) >= 11 is 5.16. The fourth-order valence-electron chi connectivity index (χ4n) is 1.91. The highest BCUT2D eigenvalue weighted by atomic mass is 32.1. The molecule has 2 N–H and O–H groups in total. The van der Waals surface area contributed by atoms with Gasteiger partial charge in [0.05, 0.1) is 7.11 Å². The molecule has 0 aromatic heterocycles. The molecule has 8 heteroatoms. The molecule has 0 saturated carbocycles. The van der Waals surface area contributed by atoms with Gasteiger partial charge in [0.25, 0.3) is 0 Å². The molecule has 0 bridgehead atoms. The maximum absolute atomic E-state index is 12.2. The van der Waals surface area contributed by atoms with Crippen molar-refractivity contribution in [1.82, 2.24) is 5.32 Å². The van der Waals surface area contributed by atoms with Crippen LogP contribution in [0.1, 0.15) is 5.56 Å². The van der Waals surface area contributed by atoms with E-state index in [-0.39, 0.29) is 12.3 Å². The number of alkyl halides is 3. The minimum atomic E-state index is -4.71. The lowest BCUT2D eigenvalue weighted by Crippen LogP contribution is -2.27. The zero-order valence-electron chi connectivity index (χ0n) is 12.7. The van der Waals surface area contributed by atoms with Gasteiger partial charge in [-0.3, -0.25) is 0 Å². The molecule has 0 atom stereocenters. The number of nitrogens with one attached hydrogen (secondary N) is 2. The summed E-state index contributed by atoms with van der Waals surface area (Å²) in [5, 5.41) is 6.22. The van der Waals surface area contributed by atoms with E-state index in [9.17, 15) is 13.2 Å². The fraction of sp³-hybridized carbons (Fsp3) is 0.188. The Kier molecular flexibility index (Phi) is 5.86. The van der Waals surface area contributed by atoms with Crippen LogP contribution in [0.2, 0.25) is 0 Å². The number of rotatable bonds is 5. The maximum Gasteiger partial charge on any atom is 0.573 e. The van der Waals surface area contributed by atoms with E-state index in [0.717, 1.165) is 5.69 Å². The standard InChI is InChI=1S/C16H15F3N2O2S/c1-22-13-6-3-5-12(9-13)21-15(24)20-10-11-4-2-7-14(8-11)23-16(17,18)19/h2-9H,10H2,1H3,(H2,20,21,24). The Bertz CT molecular complexity index is 708. The normalized spacial score (nSPS) is 10.8. The van der Waals surface area contributed by atoms with Gasteiger partial charge in [0, 0.05) is 18.3 Å². The number of thiocarbonyl (C=S) groups is 1. The molecule has 0 aliphatic rings. The van der Waals surface area contributed by atoms with Gasteiger partial charge in [-0.25, -0.2) is 0 Å². The van der Waals surface area contributed by atoms with E-state index >= 15 is 0 Å². The van der Waals surface area contributed by atoms with Crippen LogP contribution in [0, 0.1) is 0 Å². The zero-order chi connectivity index (χ0) is 17.6. The van der Waals surface area contributed by atoms with Crippen LogP contribution in [0.15, 0.2) is 48.5 Å². The first-order valence-electron chi connectivity index (χ1n) is 6.89. The predicted octanol–water partition coefficient (Wildman–Crippen LogP) is 4.08. The molecule has 2 aromatic rings. The van der Waals surface area contributed by atoms with E-state index < -0.39 is 6.36 Å². The average molecular weight is 356 g/mol. The number of benzene rings is 2. The van der Waals surface area contributed by atoms with Gasteiger partial charge in [0.15, 0.2) is 5.11 Å². The van der Waals surface area contributed by atoms with Crippen LogP contribution in [-0.2, 0) is 6.54 Å². The minimum absolute atomic E-state index is 0.255. The first-order valence-corrected chi connectivity index (χ1v) is 7.30. The molecule has 0 radical (unpaired) electrons. The van der Waals surface area contributed by atoms with Gasteiger partial charge in [0.2, 0.25) is 0 Å². The number of halogens is 3. The molecule has 0 unspecified atom stereocenters. The molecule has 0 spiro atoms. The van der Waals surface area contributed by atoms with Crippen LogP contribution in [0.5, 0.6) is 11.5 Å². The fourth-order valence-corrected chi connectivity index (χ4v) is 2.10. The molecule has 0 aliphatic heterocycles. The van der Waals surface area contributed by atoms with Crippen molar-refractivity contribution in [2.24, 2.45) is 0 Å². The summed E-state index contributed by atoms with van der Waals surface area (Å²) in [7, 11) is 1.56. The van der Waals surface area contributed by atoms with Crippen molar-refractivity contribution in [3.63, 3.8) is 0 Å². The molecule has 0 heterocycles. The Hall–Kier alpha value is -2.48. The Morgan fingerprint density at radius 1 is 1.08 bits per heavy atom. The monoisotopic (exact) mass is 356 g/mol. The zero-order valence-corrected chi connectivity index (χ0v) is 13.5. The van der Waals surface area contributed by atoms with Crippen molar-refractivity contribution in [3.8, 4) is 11.5 Å². The molecule has 4 nitrogen and oxygen atoms in total. The van der Waals surface area contributed by atoms with E-state index in [1.54, 1.807) is 25.3 Å². The van der Waals surface area contributed by atoms with Crippen molar-refractivity contribution in [3.05, 3.63) is 54.1 Å². The second-order valence-electron chi connectivity index (χ2n) is 4.73. The van der Waals surface area contributed by atoms with E-state index in [1.807, 2.05) is 12.1 Å². The highest BCUT2D eigenvalue weighted by Gasteiger charge is 2.31. The lowest BCUT2D eigenvalue weighted by molar-refractivity contribution is -0.274. The van der Waals surface area contributed by atoms with Gasteiger partial charge in [-0.15, -0.1) is 13.2 Å². The quantitative estimate of drug-likeness (QED) is 0.790. The Morgan fingerprint density at radius 2 is 1.79 bits per heavy atom. The number of ether oxygens (including phenoxy) is 2. The van der Waals surface area contributed by atoms with E-state index in [0.29, 0.717) is 16.4 Å². The first kappa shape index (κ1) is 17.9. The third-order valence-corrected chi connectivity index (χ3v) is 3.16. The van der Waals surface area contributed by atoms with Gasteiger partial charge in [-0.2, -0.15) is 0 Å². The molecular formula is C16H15F3N2O2S. The van der Waals surface area contributed by atoms with Crippen LogP contribution in [0.3, 0.4) is 0 Å². The smallest absolute Gasteiger partial charge is 0.497 e. The van der Waals surface area contributed by atoms with Gasteiger partial charge < -0.3 is 20.1 Å². The highest BCUT2D eigenvalue weighted by molar-refractivity contribution is 7.80. The maximum atomic E-state index is 12.2. The second kappa shape index (κ2) is 7.87. The molecule has 128 valence electrons. The van der Waals surface area contributed by atoms with Crippen LogP contribution < -0.4 is 20.1 Å². The summed E-state index contributed by atoms with van der Waals surface area (Å²) < 4.78 is 45.6. The largest absolute Gasteiger partial charge is 0.573 e. The van der Waals surface area contributed by atoms with E-state index in [4.69, 9.17) is 17.0 Å². The van der Waals surface area contributed by atoms with Crippen molar-refractivity contribution in [1.29, 1.82) is 0 Å². The predicted molar refractivity (Wildman–Crippen MR) is 89.2 cm³/mol. The summed E-state index contributed by atoms with van der Waals surface area (Å²) in [4.78, 5) is 0. The first-order chi connectivity index (χ1) is 11.4. The number of anilines is 1. The lowest BCUT2D eigenvalue weighted by atomic mass is 10.2. The van der Waals surface area contributed by atoms with Gasteiger partial charge in [0.1, 0.15) is 11.5 Å². The molecule has 24 heavy (non-hydrogen) atoms. The average Bonchev–Trinajstić information content (AvgIpc) is 2.52. The second-order valence-corrected chi connectivity index (χ2v) is 5.14. The SMILES string of the molecule is COc1cccc(NC(=S)NCc2cccc(OC(F)(F)F)c2)c1. The number of methoxy groups -OCH3 is 1. The third kappa shape index (κ3) is 5.96. The van der Waals surface area contributed by atoms with Gasteiger partial charge in [-0.05, 0) is 42.0 Å². The Labute approximate surface area is 142 Å². The summed E-state index contributed by atoms with van der Waals surface area (Å²) in [6.45, 7) is 0.255. The summed E-state index contributed by atoms with van der Waals surface area (Å²) in [5.74, 6) is 0.410. The minimum Gasteiger partial charge on any atom is -0.497 e. The van der Waals surface area contributed by atoms with E-state index in [2.05, 4.69) is 15.4 Å². The van der Waals surface area contributed by atoms with E-state index in [1.165, 1.54) is 18.2 Å². The van der Waals surface area contributed by atoms with Crippen molar-refractivity contribution >= 4 is 23.0 Å². The van der Waals surface area contributed by atoms with Crippen LogP contribution in [0.25, 0.3) is 0 Å². The van der Waals surface area contributed by atoms with Crippen molar-refractivity contribution in [2.45, 2.75) is 12.9 Å². The van der Waals surface area contributed by atoms with Crippen LogP contribution in [0.4, 0.5) is 18.9 Å². The lowest BCUT2D eigenvalue weighted by Gasteiger charge is -2.13. The summed E-state index contributed by atoms with van der Waals surface area (Å²) in [6.07, 6.45) is -4.71. The number of hydrogen-bond donors (Lipinski definition) is 2. The van der Waals surface area contributed by atoms with Crippen LogP contribution in [-0.4, -0.2) is 18.6 Å². The Balaban J connectivity index is 1.90. The molecule has 2 rings (SSSR count).